The highest BCUT2D eigenvalue weighted by atomic mass is 16.5. The fourth-order valence-corrected chi connectivity index (χ4v) is 1.79. The summed E-state index contributed by atoms with van der Waals surface area (Å²) in [7, 11) is 0. The average Bonchev–Trinajstić information content (AvgIpc) is 2.56. The lowest BCUT2D eigenvalue weighted by molar-refractivity contribution is 0.312. The molecule has 1 aromatic heterocycles. The lowest BCUT2D eigenvalue weighted by atomic mass is 10.1. The molecule has 0 saturated carbocycles. The van der Waals surface area contributed by atoms with Gasteiger partial charge in [-0.15, -0.1) is 0 Å². The maximum atomic E-state index is 5.20. The largest absolute Gasteiger partial charge is 0.464 e. The zero-order chi connectivity index (χ0) is 15.6. The third-order valence-corrected chi connectivity index (χ3v) is 2.93. The van der Waals surface area contributed by atoms with Crippen LogP contribution in [0.25, 0.3) is 6.08 Å². The van der Waals surface area contributed by atoms with Crippen molar-refractivity contribution >= 4 is 6.08 Å². The number of unbranched alkanes of at least 4 members (excludes halogenated alkanes) is 1. The van der Waals surface area contributed by atoms with Crippen molar-refractivity contribution in [1.82, 2.24) is 9.97 Å². The first-order valence-electron chi connectivity index (χ1n) is 7.55. The van der Waals surface area contributed by atoms with Crippen LogP contribution in [-0.4, -0.2) is 16.6 Å². The van der Waals surface area contributed by atoms with Crippen molar-refractivity contribution in [3.05, 3.63) is 59.4 Å². The van der Waals surface area contributed by atoms with Gasteiger partial charge < -0.3 is 4.74 Å². The van der Waals surface area contributed by atoms with E-state index in [1.807, 2.05) is 19.1 Å². The number of hydrogen-bond donors (Lipinski definition) is 0. The Bertz CT molecular complexity index is 661. The Labute approximate surface area is 132 Å². The van der Waals surface area contributed by atoms with Gasteiger partial charge in [-0.2, -0.15) is 0 Å². The fourth-order valence-electron chi connectivity index (χ4n) is 1.79. The van der Waals surface area contributed by atoms with Gasteiger partial charge >= 0.3 is 6.01 Å². The molecule has 0 aliphatic heterocycles. The lowest BCUT2D eigenvalue weighted by Crippen LogP contribution is -1.96. The molecule has 3 heteroatoms. The van der Waals surface area contributed by atoms with Crippen LogP contribution in [0.15, 0.2) is 42.7 Å². The zero-order valence-corrected chi connectivity index (χ0v) is 13.0. The quantitative estimate of drug-likeness (QED) is 0.779. The van der Waals surface area contributed by atoms with Crippen molar-refractivity contribution in [2.24, 2.45) is 0 Å². The van der Waals surface area contributed by atoms with Gasteiger partial charge in [0, 0.05) is 18.0 Å². The lowest BCUT2D eigenvalue weighted by Gasteiger charge is -1.98. The number of rotatable bonds is 5. The summed E-state index contributed by atoms with van der Waals surface area (Å²) in [6, 6.07) is 8.58. The van der Waals surface area contributed by atoms with Gasteiger partial charge in [0.1, 0.15) is 0 Å². The van der Waals surface area contributed by atoms with Gasteiger partial charge in [0.05, 0.1) is 12.2 Å². The summed E-state index contributed by atoms with van der Waals surface area (Å²) < 4.78 is 5.20. The highest BCUT2D eigenvalue weighted by Crippen LogP contribution is 2.07. The number of hydrogen-bond acceptors (Lipinski definition) is 3. The van der Waals surface area contributed by atoms with Crippen molar-refractivity contribution in [2.45, 2.75) is 26.7 Å². The SMILES string of the molecule is CCCC=Cc1ccc(C#Cc2cnc(OCC)nc2)cc1. The molecule has 0 bridgehead atoms. The molecule has 2 aromatic rings. The van der Waals surface area contributed by atoms with Crippen LogP contribution in [0.3, 0.4) is 0 Å². The van der Waals surface area contributed by atoms with Crippen LogP contribution in [0, 0.1) is 11.8 Å². The van der Waals surface area contributed by atoms with Crippen LogP contribution >= 0.6 is 0 Å². The van der Waals surface area contributed by atoms with E-state index in [9.17, 15) is 0 Å². The molecule has 0 spiro atoms. The Kier molecular flexibility index (Phi) is 6.19. The number of ether oxygens (including phenoxy) is 1. The van der Waals surface area contributed by atoms with E-state index in [1.165, 1.54) is 12.0 Å². The van der Waals surface area contributed by atoms with Crippen LogP contribution in [0.1, 0.15) is 43.4 Å². The molecule has 1 aromatic carbocycles. The van der Waals surface area contributed by atoms with E-state index < -0.39 is 0 Å². The van der Waals surface area contributed by atoms with Crippen molar-refractivity contribution in [3.63, 3.8) is 0 Å². The number of benzene rings is 1. The third kappa shape index (κ3) is 5.06. The number of nitrogens with zero attached hydrogens (tertiary/aromatic N) is 2. The highest BCUT2D eigenvalue weighted by molar-refractivity contribution is 5.52. The predicted octanol–water partition coefficient (Wildman–Crippen LogP) is 4.09. The number of allylic oxidation sites excluding steroid dienone is 1. The van der Waals surface area contributed by atoms with Gasteiger partial charge in [0.2, 0.25) is 0 Å². The summed E-state index contributed by atoms with van der Waals surface area (Å²) in [5.41, 5.74) is 2.94. The molecular weight excluding hydrogens is 272 g/mol. The normalized spacial score (nSPS) is 10.3. The van der Waals surface area contributed by atoms with Gasteiger partial charge in [-0.3, -0.25) is 0 Å². The standard InChI is InChI=1S/C19H20N2O/c1-3-5-6-7-16-8-10-17(11-9-16)12-13-18-14-20-19(21-15-18)22-4-2/h6-11,14-15H,3-5H2,1-2H3. The highest BCUT2D eigenvalue weighted by Gasteiger charge is 1.95. The summed E-state index contributed by atoms with van der Waals surface area (Å²) in [5, 5.41) is 0. The third-order valence-electron chi connectivity index (χ3n) is 2.93. The van der Waals surface area contributed by atoms with E-state index in [-0.39, 0.29) is 0 Å². The van der Waals surface area contributed by atoms with Crippen molar-refractivity contribution in [1.29, 1.82) is 0 Å². The van der Waals surface area contributed by atoms with Crippen LogP contribution in [0.2, 0.25) is 0 Å². The maximum Gasteiger partial charge on any atom is 0.316 e. The molecule has 0 saturated heterocycles. The molecular formula is C19H20N2O. The predicted molar refractivity (Wildman–Crippen MR) is 89.6 cm³/mol. The van der Waals surface area contributed by atoms with E-state index in [1.54, 1.807) is 12.4 Å². The molecule has 0 N–H and O–H groups in total. The summed E-state index contributed by atoms with van der Waals surface area (Å²) in [6.45, 7) is 4.63. The molecule has 0 unspecified atom stereocenters. The Morgan fingerprint density at radius 3 is 2.32 bits per heavy atom. The van der Waals surface area contributed by atoms with E-state index in [0.717, 1.165) is 17.5 Å². The second-order valence-electron chi connectivity index (χ2n) is 4.75. The van der Waals surface area contributed by atoms with Gasteiger partial charge in [-0.05, 0) is 31.0 Å². The Hall–Kier alpha value is -2.60. The van der Waals surface area contributed by atoms with Crippen LogP contribution < -0.4 is 4.74 Å². The Balaban J connectivity index is 2.01. The first-order valence-corrected chi connectivity index (χ1v) is 7.55. The summed E-state index contributed by atoms with van der Waals surface area (Å²) in [4.78, 5) is 8.18. The molecule has 0 aliphatic carbocycles. The zero-order valence-electron chi connectivity index (χ0n) is 13.0. The Morgan fingerprint density at radius 1 is 1.00 bits per heavy atom. The van der Waals surface area contributed by atoms with E-state index in [0.29, 0.717) is 12.6 Å². The molecule has 0 radical (unpaired) electrons. The van der Waals surface area contributed by atoms with Crippen LogP contribution in [0.4, 0.5) is 0 Å². The Morgan fingerprint density at radius 2 is 1.68 bits per heavy atom. The van der Waals surface area contributed by atoms with Gasteiger partial charge in [-0.25, -0.2) is 9.97 Å². The van der Waals surface area contributed by atoms with Crippen molar-refractivity contribution in [3.8, 4) is 17.9 Å². The van der Waals surface area contributed by atoms with Gasteiger partial charge in [0.25, 0.3) is 0 Å². The molecule has 2 rings (SSSR count). The van der Waals surface area contributed by atoms with E-state index in [4.69, 9.17) is 4.74 Å². The minimum atomic E-state index is 0.385. The molecule has 112 valence electrons. The van der Waals surface area contributed by atoms with Crippen LogP contribution in [-0.2, 0) is 0 Å². The van der Waals surface area contributed by atoms with Crippen molar-refractivity contribution < 1.29 is 4.74 Å². The topological polar surface area (TPSA) is 35.0 Å². The fraction of sp³-hybridized carbons (Fsp3) is 0.263. The maximum absolute atomic E-state index is 5.20. The monoisotopic (exact) mass is 292 g/mol. The second-order valence-corrected chi connectivity index (χ2v) is 4.75. The number of aromatic nitrogens is 2. The minimum absolute atomic E-state index is 0.385. The molecule has 0 fully saturated rings. The first kappa shape index (κ1) is 15.8. The van der Waals surface area contributed by atoms with E-state index in [2.05, 4.69) is 53.0 Å². The molecule has 1 heterocycles. The van der Waals surface area contributed by atoms with E-state index >= 15 is 0 Å². The average molecular weight is 292 g/mol. The molecule has 0 amide bonds. The molecule has 3 nitrogen and oxygen atoms in total. The van der Waals surface area contributed by atoms with Gasteiger partial charge in [-0.1, -0.05) is 49.5 Å². The summed E-state index contributed by atoms with van der Waals surface area (Å²) in [5.74, 6) is 6.17. The smallest absolute Gasteiger partial charge is 0.316 e. The molecule has 0 aliphatic rings. The second kappa shape index (κ2) is 8.63. The summed E-state index contributed by atoms with van der Waals surface area (Å²) >= 11 is 0. The molecule has 22 heavy (non-hydrogen) atoms. The van der Waals surface area contributed by atoms with Gasteiger partial charge in [0.15, 0.2) is 0 Å². The molecule has 0 atom stereocenters. The first-order chi connectivity index (χ1) is 10.8. The van der Waals surface area contributed by atoms with Crippen molar-refractivity contribution in [2.75, 3.05) is 6.61 Å². The minimum Gasteiger partial charge on any atom is -0.464 e. The summed E-state index contributed by atoms with van der Waals surface area (Å²) in [6.07, 6.45) is 9.96. The van der Waals surface area contributed by atoms with Crippen LogP contribution in [0.5, 0.6) is 6.01 Å².